The molecule has 164 valence electrons. The van der Waals surface area contributed by atoms with Gasteiger partial charge >= 0.3 is 6.09 Å². The monoisotopic (exact) mass is 431 g/mol. The first kappa shape index (κ1) is 23.9. The molecule has 0 spiro atoms. The van der Waals surface area contributed by atoms with E-state index in [-0.39, 0.29) is 11.9 Å². The Labute approximate surface area is 184 Å². The summed E-state index contributed by atoms with van der Waals surface area (Å²) < 4.78 is 11.0. The van der Waals surface area contributed by atoms with Gasteiger partial charge in [0.1, 0.15) is 11.4 Å². The van der Waals surface area contributed by atoms with Crippen molar-refractivity contribution in [2.75, 3.05) is 20.2 Å². The highest BCUT2D eigenvalue weighted by Crippen LogP contribution is 2.19. The van der Waals surface area contributed by atoms with Gasteiger partial charge in [0.05, 0.1) is 12.0 Å². The number of nitrogens with zero attached hydrogens (tertiary/aromatic N) is 1. The number of amides is 1. The van der Waals surface area contributed by atoms with E-state index in [0.29, 0.717) is 25.9 Å². The number of thiophene rings is 1. The van der Waals surface area contributed by atoms with Gasteiger partial charge in [-0.05, 0) is 63.1 Å². The number of hydrogen-bond acceptors (Lipinski definition) is 5. The van der Waals surface area contributed by atoms with Crippen molar-refractivity contribution in [2.45, 2.75) is 58.5 Å². The molecular formula is C24H33NO4S. The first-order valence-corrected chi connectivity index (χ1v) is 11.3. The highest BCUT2D eigenvalue weighted by Gasteiger charge is 2.22. The molecule has 0 aliphatic carbocycles. The SMILES string of the molecule is COc1ccccc1CCN(CCCCCC(=O)c1cccs1)C(=O)OC(C)(C)C. The first-order valence-electron chi connectivity index (χ1n) is 10.5. The average Bonchev–Trinajstić information content (AvgIpc) is 3.23. The van der Waals surface area contributed by atoms with E-state index >= 15 is 0 Å². The quantitative estimate of drug-likeness (QED) is 0.324. The number of Topliss-reactive ketones (excluding diaryl/α,β-unsaturated/α-hetero) is 1. The molecule has 2 aromatic rings. The third kappa shape index (κ3) is 8.19. The van der Waals surface area contributed by atoms with Crippen LogP contribution in [0.4, 0.5) is 4.79 Å². The lowest BCUT2D eigenvalue weighted by atomic mass is 10.1. The molecule has 1 heterocycles. The van der Waals surface area contributed by atoms with Gasteiger partial charge in [-0.25, -0.2) is 4.79 Å². The van der Waals surface area contributed by atoms with Crippen molar-refractivity contribution in [3.8, 4) is 5.75 Å². The summed E-state index contributed by atoms with van der Waals surface area (Å²) in [5.41, 5.74) is 0.530. The van der Waals surface area contributed by atoms with Crippen LogP contribution in [0, 0.1) is 0 Å². The van der Waals surface area contributed by atoms with Crippen molar-refractivity contribution in [3.63, 3.8) is 0 Å². The summed E-state index contributed by atoms with van der Waals surface area (Å²) in [6, 6.07) is 11.6. The second kappa shape index (κ2) is 11.7. The van der Waals surface area contributed by atoms with Crippen molar-refractivity contribution in [3.05, 3.63) is 52.2 Å². The van der Waals surface area contributed by atoms with Crippen LogP contribution in [0.2, 0.25) is 0 Å². The molecule has 0 aliphatic rings. The van der Waals surface area contributed by atoms with Gasteiger partial charge in [0, 0.05) is 19.5 Å². The summed E-state index contributed by atoms with van der Waals surface area (Å²) in [5, 5.41) is 1.92. The van der Waals surface area contributed by atoms with Crippen LogP contribution in [0.1, 0.15) is 61.7 Å². The number of rotatable bonds is 11. The van der Waals surface area contributed by atoms with E-state index in [1.807, 2.05) is 62.5 Å². The van der Waals surface area contributed by atoms with Gasteiger partial charge in [-0.3, -0.25) is 4.79 Å². The zero-order chi connectivity index (χ0) is 22.0. The maximum absolute atomic E-state index is 12.7. The number of carbonyl (C=O) groups excluding carboxylic acids is 2. The molecule has 0 bridgehead atoms. The third-order valence-corrected chi connectivity index (χ3v) is 5.53. The maximum atomic E-state index is 12.7. The van der Waals surface area contributed by atoms with Gasteiger partial charge in [-0.1, -0.05) is 30.7 Å². The largest absolute Gasteiger partial charge is 0.496 e. The van der Waals surface area contributed by atoms with Crippen molar-refractivity contribution in [2.24, 2.45) is 0 Å². The molecule has 6 heteroatoms. The van der Waals surface area contributed by atoms with Crippen molar-refractivity contribution >= 4 is 23.2 Å². The Hall–Kier alpha value is -2.34. The molecule has 0 aliphatic heterocycles. The van der Waals surface area contributed by atoms with Crippen LogP contribution in [0.3, 0.4) is 0 Å². The zero-order valence-corrected chi connectivity index (χ0v) is 19.3. The van der Waals surface area contributed by atoms with Crippen LogP contribution in [-0.4, -0.2) is 42.6 Å². The molecule has 1 aromatic carbocycles. The smallest absolute Gasteiger partial charge is 0.410 e. The van der Waals surface area contributed by atoms with Crippen LogP contribution in [0.25, 0.3) is 0 Å². The fourth-order valence-electron chi connectivity index (χ4n) is 3.11. The molecule has 0 unspecified atom stereocenters. The lowest BCUT2D eigenvalue weighted by Crippen LogP contribution is -2.38. The van der Waals surface area contributed by atoms with Crippen LogP contribution in [0.15, 0.2) is 41.8 Å². The Kier molecular flexibility index (Phi) is 9.37. The van der Waals surface area contributed by atoms with Gasteiger partial charge in [0.15, 0.2) is 5.78 Å². The van der Waals surface area contributed by atoms with Gasteiger partial charge in [-0.15, -0.1) is 11.3 Å². The minimum atomic E-state index is -0.535. The van der Waals surface area contributed by atoms with E-state index in [2.05, 4.69) is 0 Å². The number of carbonyl (C=O) groups is 2. The maximum Gasteiger partial charge on any atom is 0.410 e. The highest BCUT2D eigenvalue weighted by molar-refractivity contribution is 7.12. The third-order valence-electron chi connectivity index (χ3n) is 4.62. The van der Waals surface area contributed by atoms with Crippen molar-refractivity contribution in [1.29, 1.82) is 0 Å². The number of hydrogen-bond donors (Lipinski definition) is 0. The normalized spacial score (nSPS) is 11.2. The first-order chi connectivity index (χ1) is 14.3. The standard InChI is InChI=1S/C24H33NO4S/c1-24(2,3)29-23(27)25(17-15-19-11-7-8-13-21(19)28-4)16-9-5-6-12-20(26)22-14-10-18-30-22/h7-8,10-11,13-14,18H,5-6,9,12,15-17H2,1-4H3. The summed E-state index contributed by atoms with van der Waals surface area (Å²) in [7, 11) is 1.65. The predicted octanol–water partition coefficient (Wildman–Crippen LogP) is 5.98. The lowest BCUT2D eigenvalue weighted by Gasteiger charge is -2.27. The van der Waals surface area contributed by atoms with Gasteiger partial charge in [0.2, 0.25) is 0 Å². The van der Waals surface area contributed by atoms with Crippen LogP contribution in [0.5, 0.6) is 5.75 Å². The molecule has 1 aromatic heterocycles. The Morgan fingerprint density at radius 3 is 2.43 bits per heavy atom. The van der Waals surface area contributed by atoms with Crippen LogP contribution >= 0.6 is 11.3 Å². The Bertz CT molecular complexity index is 796. The molecule has 2 rings (SSSR count). The number of ether oxygens (including phenoxy) is 2. The summed E-state index contributed by atoms with van der Waals surface area (Å²) in [6.45, 7) is 6.79. The van der Waals surface area contributed by atoms with Crippen LogP contribution < -0.4 is 4.74 Å². The molecule has 1 amide bonds. The number of benzene rings is 1. The fraction of sp³-hybridized carbons (Fsp3) is 0.500. The summed E-state index contributed by atoms with van der Waals surface area (Å²) in [4.78, 5) is 27.4. The molecule has 0 radical (unpaired) electrons. The topological polar surface area (TPSA) is 55.8 Å². The highest BCUT2D eigenvalue weighted by atomic mass is 32.1. The molecule has 0 N–H and O–H groups in total. The van der Waals surface area contributed by atoms with E-state index in [0.717, 1.165) is 35.5 Å². The molecular weight excluding hydrogens is 398 g/mol. The minimum Gasteiger partial charge on any atom is -0.496 e. The van der Waals surface area contributed by atoms with E-state index in [4.69, 9.17) is 9.47 Å². The summed E-state index contributed by atoms with van der Waals surface area (Å²) >= 11 is 1.49. The number of para-hydroxylation sites is 1. The number of ketones is 1. The van der Waals surface area contributed by atoms with E-state index in [1.165, 1.54) is 11.3 Å². The molecule has 30 heavy (non-hydrogen) atoms. The zero-order valence-electron chi connectivity index (χ0n) is 18.5. The average molecular weight is 432 g/mol. The molecule has 0 fully saturated rings. The summed E-state index contributed by atoms with van der Waals surface area (Å²) in [5.74, 6) is 1.03. The minimum absolute atomic E-state index is 0.199. The van der Waals surface area contributed by atoms with E-state index < -0.39 is 5.60 Å². The van der Waals surface area contributed by atoms with E-state index in [9.17, 15) is 9.59 Å². The Morgan fingerprint density at radius 2 is 1.77 bits per heavy atom. The molecule has 0 saturated heterocycles. The van der Waals surface area contributed by atoms with E-state index in [1.54, 1.807) is 12.0 Å². The number of unbranched alkanes of at least 4 members (excludes halogenated alkanes) is 2. The predicted molar refractivity (Wildman–Crippen MR) is 122 cm³/mol. The Balaban J connectivity index is 1.86. The van der Waals surface area contributed by atoms with Crippen molar-refractivity contribution < 1.29 is 19.1 Å². The second-order valence-corrected chi connectivity index (χ2v) is 9.19. The van der Waals surface area contributed by atoms with Crippen molar-refractivity contribution in [1.82, 2.24) is 4.90 Å². The van der Waals surface area contributed by atoms with Gasteiger partial charge in [-0.2, -0.15) is 0 Å². The Morgan fingerprint density at radius 1 is 1.00 bits per heavy atom. The van der Waals surface area contributed by atoms with Gasteiger partial charge in [0.25, 0.3) is 0 Å². The fourth-order valence-corrected chi connectivity index (χ4v) is 3.81. The second-order valence-electron chi connectivity index (χ2n) is 8.24. The number of methoxy groups -OCH3 is 1. The molecule has 5 nitrogen and oxygen atoms in total. The molecule has 0 saturated carbocycles. The lowest BCUT2D eigenvalue weighted by molar-refractivity contribution is 0.0248. The summed E-state index contributed by atoms with van der Waals surface area (Å²) in [6.07, 6.45) is 3.50. The van der Waals surface area contributed by atoms with Crippen LogP contribution in [-0.2, 0) is 11.2 Å². The van der Waals surface area contributed by atoms with Gasteiger partial charge < -0.3 is 14.4 Å². The molecule has 0 atom stereocenters.